The zero-order valence-electron chi connectivity index (χ0n) is 9.71. The molecule has 3 rings (SSSR count). The highest BCUT2D eigenvalue weighted by molar-refractivity contribution is 5.52. The van der Waals surface area contributed by atoms with Crippen LogP contribution in [-0.4, -0.2) is 11.7 Å². The van der Waals surface area contributed by atoms with E-state index >= 15 is 0 Å². The minimum Gasteiger partial charge on any atom is -0.396 e. The molecule has 2 aliphatic rings. The Labute approximate surface area is 102 Å². The summed E-state index contributed by atoms with van der Waals surface area (Å²) in [4.78, 5) is 0. The lowest BCUT2D eigenvalue weighted by Crippen LogP contribution is -2.08. The standard InChI is InChI=1S/C16H16O/c17-11-12-6-8-16-14(10-12)7-9-15(16)13-4-2-1-3-5-13/h1-9,12,15,17H,10-11H2. The molecule has 1 aromatic rings. The van der Waals surface area contributed by atoms with Crippen molar-refractivity contribution >= 4 is 0 Å². The minimum atomic E-state index is 0.247. The molecule has 1 heteroatoms. The molecule has 0 aliphatic heterocycles. The number of benzene rings is 1. The van der Waals surface area contributed by atoms with Crippen molar-refractivity contribution in [3.05, 3.63) is 71.3 Å². The summed E-state index contributed by atoms with van der Waals surface area (Å²) in [7, 11) is 0. The van der Waals surface area contributed by atoms with E-state index in [2.05, 4.69) is 54.6 Å². The van der Waals surface area contributed by atoms with E-state index in [1.807, 2.05) is 0 Å². The first-order valence-electron chi connectivity index (χ1n) is 6.13. The molecular formula is C16H16O. The molecule has 0 saturated heterocycles. The van der Waals surface area contributed by atoms with Crippen LogP contribution in [0.25, 0.3) is 0 Å². The summed E-state index contributed by atoms with van der Waals surface area (Å²) in [6, 6.07) is 10.6. The molecule has 0 spiro atoms. The van der Waals surface area contributed by atoms with Crippen LogP contribution in [0.15, 0.2) is 65.8 Å². The Morgan fingerprint density at radius 3 is 2.65 bits per heavy atom. The van der Waals surface area contributed by atoms with Crippen molar-refractivity contribution in [2.75, 3.05) is 6.61 Å². The highest BCUT2D eigenvalue weighted by Gasteiger charge is 2.24. The van der Waals surface area contributed by atoms with Crippen molar-refractivity contribution < 1.29 is 5.11 Å². The van der Waals surface area contributed by atoms with E-state index in [0.717, 1.165) is 6.42 Å². The van der Waals surface area contributed by atoms with Gasteiger partial charge in [0.2, 0.25) is 0 Å². The summed E-state index contributed by atoms with van der Waals surface area (Å²) in [5.41, 5.74) is 4.14. The lowest BCUT2D eigenvalue weighted by atomic mass is 9.86. The van der Waals surface area contributed by atoms with Gasteiger partial charge in [0.05, 0.1) is 0 Å². The smallest absolute Gasteiger partial charge is 0.0497 e. The highest BCUT2D eigenvalue weighted by Crippen LogP contribution is 2.39. The van der Waals surface area contributed by atoms with Gasteiger partial charge in [-0.15, -0.1) is 0 Å². The van der Waals surface area contributed by atoms with Gasteiger partial charge in [-0.2, -0.15) is 0 Å². The van der Waals surface area contributed by atoms with E-state index in [1.54, 1.807) is 0 Å². The molecule has 0 aromatic heterocycles. The van der Waals surface area contributed by atoms with Crippen molar-refractivity contribution in [1.29, 1.82) is 0 Å². The van der Waals surface area contributed by atoms with Gasteiger partial charge in [0.25, 0.3) is 0 Å². The Bertz CT molecular complexity index is 494. The van der Waals surface area contributed by atoms with E-state index < -0.39 is 0 Å². The first-order valence-corrected chi connectivity index (χ1v) is 6.13. The van der Waals surface area contributed by atoms with Gasteiger partial charge in [0.15, 0.2) is 0 Å². The summed E-state index contributed by atoms with van der Waals surface area (Å²) in [6.07, 6.45) is 9.80. The fraction of sp³-hybridized carbons (Fsp3) is 0.250. The molecule has 0 amide bonds. The largest absolute Gasteiger partial charge is 0.396 e. The van der Waals surface area contributed by atoms with Gasteiger partial charge in [0.1, 0.15) is 0 Å². The van der Waals surface area contributed by atoms with E-state index in [0.29, 0.717) is 11.8 Å². The fourth-order valence-corrected chi connectivity index (χ4v) is 2.68. The quantitative estimate of drug-likeness (QED) is 0.818. The molecule has 0 heterocycles. The first kappa shape index (κ1) is 10.5. The molecule has 1 N–H and O–H groups in total. The Kier molecular flexibility index (Phi) is 2.69. The number of aliphatic hydroxyl groups excluding tert-OH is 1. The van der Waals surface area contributed by atoms with Crippen LogP contribution in [0, 0.1) is 5.92 Å². The zero-order valence-corrected chi connectivity index (χ0v) is 9.71. The predicted octanol–water partition coefficient (Wildman–Crippen LogP) is 3.21. The van der Waals surface area contributed by atoms with Crippen molar-refractivity contribution in [3.63, 3.8) is 0 Å². The van der Waals surface area contributed by atoms with Gasteiger partial charge in [0, 0.05) is 18.4 Å². The Balaban J connectivity index is 1.90. The average molecular weight is 224 g/mol. The second-order valence-corrected chi connectivity index (χ2v) is 4.73. The summed E-state index contributed by atoms with van der Waals surface area (Å²) in [5, 5.41) is 9.20. The number of hydrogen-bond donors (Lipinski definition) is 1. The minimum absolute atomic E-state index is 0.247. The maximum Gasteiger partial charge on any atom is 0.0497 e. The van der Waals surface area contributed by atoms with Crippen LogP contribution in [0.5, 0.6) is 0 Å². The van der Waals surface area contributed by atoms with Crippen LogP contribution >= 0.6 is 0 Å². The average Bonchev–Trinajstić information content (AvgIpc) is 2.82. The third-order valence-corrected chi connectivity index (χ3v) is 3.62. The van der Waals surface area contributed by atoms with Gasteiger partial charge in [-0.1, -0.05) is 54.6 Å². The van der Waals surface area contributed by atoms with E-state index in [-0.39, 0.29) is 6.61 Å². The molecule has 1 aromatic carbocycles. The van der Waals surface area contributed by atoms with Crippen LogP contribution in [0.2, 0.25) is 0 Å². The summed E-state index contributed by atoms with van der Waals surface area (Å²) in [6.45, 7) is 0.247. The maximum atomic E-state index is 9.20. The second-order valence-electron chi connectivity index (χ2n) is 4.73. The lowest BCUT2D eigenvalue weighted by molar-refractivity contribution is 0.251. The second kappa shape index (κ2) is 4.34. The van der Waals surface area contributed by atoms with Crippen molar-refractivity contribution in [2.24, 2.45) is 5.92 Å². The molecule has 0 bridgehead atoms. The number of aliphatic hydroxyl groups is 1. The van der Waals surface area contributed by atoms with Gasteiger partial charge in [-0.25, -0.2) is 0 Å². The SMILES string of the molecule is OCC1C=CC2=C(C=CC2c2ccccc2)C1. The van der Waals surface area contributed by atoms with E-state index in [1.165, 1.54) is 16.7 Å². The highest BCUT2D eigenvalue weighted by atomic mass is 16.3. The number of allylic oxidation sites excluding steroid dienone is 5. The monoisotopic (exact) mass is 224 g/mol. The van der Waals surface area contributed by atoms with Gasteiger partial charge in [-0.05, 0) is 23.1 Å². The van der Waals surface area contributed by atoms with Crippen molar-refractivity contribution in [2.45, 2.75) is 12.3 Å². The van der Waals surface area contributed by atoms with Crippen LogP contribution in [-0.2, 0) is 0 Å². The first-order chi connectivity index (χ1) is 8.38. The van der Waals surface area contributed by atoms with Crippen LogP contribution < -0.4 is 0 Å². The Morgan fingerprint density at radius 1 is 1.06 bits per heavy atom. The third kappa shape index (κ3) is 1.87. The van der Waals surface area contributed by atoms with Crippen molar-refractivity contribution in [3.8, 4) is 0 Å². The van der Waals surface area contributed by atoms with Crippen LogP contribution in [0.4, 0.5) is 0 Å². The number of rotatable bonds is 2. The zero-order chi connectivity index (χ0) is 11.7. The normalized spacial score (nSPS) is 26.4. The summed E-state index contributed by atoms with van der Waals surface area (Å²) >= 11 is 0. The molecule has 0 saturated carbocycles. The summed E-state index contributed by atoms with van der Waals surface area (Å²) < 4.78 is 0. The third-order valence-electron chi connectivity index (χ3n) is 3.62. The predicted molar refractivity (Wildman–Crippen MR) is 69.7 cm³/mol. The topological polar surface area (TPSA) is 20.2 Å². The van der Waals surface area contributed by atoms with Crippen molar-refractivity contribution in [1.82, 2.24) is 0 Å². The van der Waals surface area contributed by atoms with Gasteiger partial charge >= 0.3 is 0 Å². The molecule has 0 fully saturated rings. The van der Waals surface area contributed by atoms with Crippen LogP contribution in [0.1, 0.15) is 17.9 Å². The Hall–Kier alpha value is -1.60. The maximum absolute atomic E-state index is 9.20. The molecule has 2 unspecified atom stereocenters. The molecule has 17 heavy (non-hydrogen) atoms. The fourth-order valence-electron chi connectivity index (χ4n) is 2.68. The molecule has 0 radical (unpaired) electrons. The molecular weight excluding hydrogens is 208 g/mol. The Morgan fingerprint density at radius 2 is 1.88 bits per heavy atom. The molecule has 86 valence electrons. The van der Waals surface area contributed by atoms with Gasteiger partial charge in [-0.3, -0.25) is 0 Å². The molecule has 2 aliphatic carbocycles. The van der Waals surface area contributed by atoms with Crippen LogP contribution in [0.3, 0.4) is 0 Å². The van der Waals surface area contributed by atoms with E-state index in [9.17, 15) is 5.11 Å². The summed E-state index contributed by atoms with van der Waals surface area (Å²) in [5.74, 6) is 0.704. The number of hydrogen-bond acceptors (Lipinski definition) is 1. The van der Waals surface area contributed by atoms with E-state index in [4.69, 9.17) is 0 Å². The van der Waals surface area contributed by atoms with Gasteiger partial charge < -0.3 is 5.11 Å². The molecule has 1 nitrogen and oxygen atoms in total. The molecule has 2 atom stereocenters. The lowest BCUT2D eigenvalue weighted by Gasteiger charge is -2.19.